The molecule has 1 aromatic carbocycles. The van der Waals surface area contributed by atoms with Crippen molar-refractivity contribution in [2.75, 3.05) is 25.0 Å². The maximum Gasteiger partial charge on any atom is 0.416 e. The second kappa shape index (κ2) is 7.27. The van der Waals surface area contributed by atoms with Crippen molar-refractivity contribution in [2.45, 2.75) is 31.9 Å². The molecule has 3 aromatic rings. The fourth-order valence-corrected chi connectivity index (χ4v) is 4.94. The van der Waals surface area contributed by atoms with Crippen molar-refractivity contribution in [1.82, 2.24) is 19.9 Å². The van der Waals surface area contributed by atoms with Gasteiger partial charge in [-0.1, -0.05) is 12.1 Å². The molecule has 30 heavy (non-hydrogen) atoms. The van der Waals surface area contributed by atoms with E-state index in [4.69, 9.17) is 0 Å². The number of aromatic nitrogens is 3. The Labute approximate surface area is 172 Å². The molecule has 5 rings (SSSR count). The lowest BCUT2D eigenvalue weighted by Crippen LogP contribution is -2.47. The van der Waals surface area contributed by atoms with Gasteiger partial charge in [0.2, 0.25) is 0 Å². The molecule has 0 unspecified atom stereocenters. The Morgan fingerprint density at radius 1 is 1.13 bits per heavy atom. The van der Waals surface area contributed by atoms with E-state index >= 15 is 0 Å². The molecule has 2 aliphatic rings. The summed E-state index contributed by atoms with van der Waals surface area (Å²) in [6.07, 6.45) is 2.22. The van der Waals surface area contributed by atoms with Crippen LogP contribution >= 0.6 is 0 Å². The smallest absolute Gasteiger partial charge is 0.368 e. The molecule has 3 heterocycles. The molecule has 5 nitrogen and oxygen atoms in total. The lowest BCUT2D eigenvalue weighted by Gasteiger charge is -2.50. The largest absolute Gasteiger partial charge is 0.416 e. The first-order valence-corrected chi connectivity index (χ1v) is 10.4. The number of hydrogen-bond acceptors (Lipinski definition) is 4. The standard InChI is InChI=1S/C22H24F3N5/c23-22(24,25)17-3-1-2-16(10-17)18-14-28-20-5-4-19(29-30(18)20)27-13-15-11-21(12-15)6-8-26-9-7-21/h1-5,10,14-15,26H,6-9,11-13H2,(H,27,29). The summed E-state index contributed by atoms with van der Waals surface area (Å²) in [5.41, 5.74) is 1.44. The average Bonchev–Trinajstić information content (AvgIpc) is 3.14. The van der Waals surface area contributed by atoms with E-state index in [1.165, 1.54) is 31.7 Å². The van der Waals surface area contributed by atoms with E-state index in [2.05, 4.69) is 20.7 Å². The van der Waals surface area contributed by atoms with Crippen molar-refractivity contribution < 1.29 is 13.2 Å². The molecule has 1 aliphatic heterocycles. The molecular weight excluding hydrogens is 391 g/mol. The van der Waals surface area contributed by atoms with E-state index in [9.17, 15) is 13.2 Å². The maximum atomic E-state index is 13.1. The third-order valence-corrected chi connectivity index (χ3v) is 6.53. The zero-order chi connectivity index (χ0) is 20.8. The van der Waals surface area contributed by atoms with Gasteiger partial charge in [0.1, 0.15) is 5.82 Å². The molecule has 1 saturated heterocycles. The van der Waals surface area contributed by atoms with Gasteiger partial charge in [-0.25, -0.2) is 9.50 Å². The quantitative estimate of drug-likeness (QED) is 0.654. The molecule has 0 atom stereocenters. The van der Waals surface area contributed by atoms with Crippen LogP contribution in [0, 0.1) is 11.3 Å². The van der Waals surface area contributed by atoms with E-state index in [0.29, 0.717) is 34.1 Å². The Morgan fingerprint density at radius 3 is 2.70 bits per heavy atom. The summed E-state index contributed by atoms with van der Waals surface area (Å²) in [5, 5.41) is 11.4. The van der Waals surface area contributed by atoms with Crippen molar-refractivity contribution in [3.05, 3.63) is 48.2 Å². The van der Waals surface area contributed by atoms with Gasteiger partial charge in [-0.2, -0.15) is 13.2 Å². The summed E-state index contributed by atoms with van der Waals surface area (Å²) in [4.78, 5) is 4.29. The Morgan fingerprint density at radius 2 is 1.93 bits per heavy atom. The topological polar surface area (TPSA) is 54.2 Å². The highest BCUT2D eigenvalue weighted by Gasteiger charge is 2.44. The van der Waals surface area contributed by atoms with Crippen LogP contribution in [0.5, 0.6) is 0 Å². The van der Waals surface area contributed by atoms with E-state index in [-0.39, 0.29) is 0 Å². The predicted octanol–water partition coefficient (Wildman–Crippen LogP) is 4.61. The van der Waals surface area contributed by atoms with Crippen LogP contribution in [0.4, 0.5) is 19.0 Å². The Bertz CT molecular complexity index is 1040. The number of fused-ring (bicyclic) bond motifs is 1. The first-order chi connectivity index (χ1) is 14.4. The van der Waals surface area contributed by atoms with E-state index in [1.54, 1.807) is 16.8 Å². The summed E-state index contributed by atoms with van der Waals surface area (Å²) in [6.45, 7) is 3.11. The highest BCUT2D eigenvalue weighted by atomic mass is 19.4. The van der Waals surface area contributed by atoms with Crippen molar-refractivity contribution in [1.29, 1.82) is 0 Å². The number of alkyl halides is 3. The molecule has 2 N–H and O–H groups in total. The number of hydrogen-bond donors (Lipinski definition) is 2. The third kappa shape index (κ3) is 3.64. The molecule has 158 valence electrons. The molecule has 1 aliphatic carbocycles. The van der Waals surface area contributed by atoms with Gasteiger partial charge in [-0.3, -0.25) is 0 Å². The number of rotatable bonds is 4. The molecule has 1 spiro atoms. The highest BCUT2D eigenvalue weighted by molar-refractivity contribution is 5.64. The number of nitrogens with one attached hydrogen (secondary N) is 2. The fourth-order valence-electron chi connectivity index (χ4n) is 4.94. The SMILES string of the molecule is FC(F)(F)c1cccc(-c2cnc3ccc(NCC4CC5(CCNCC5)C4)nn23)c1. The molecule has 2 aromatic heterocycles. The second-order valence-electron chi connectivity index (χ2n) is 8.62. The molecule has 1 saturated carbocycles. The van der Waals surface area contributed by atoms with Gasteiger partial charge >= 0.3 is 6.18 Å². The van der Waals surface area contributed by atoms with Gasteiger partial charge in [-0.15, -0.1) is 5.10 Å². The highest BCUT2D eigenvalue weighted by Crippen LogP contribution is 2.51. The van der Waals surface area contributed by atoms with Crippen LogP contribution < -0.4 is 10.6 Å². The number of halogens is 3. The minimum atomic E-state index is -4.38. The second-order valence-corrected chi connectivity index (χ2v) is 8.62. The van der Waals surface area contributed by atoms with E-state index in [1.807, 2.05) is 12.1 Å². The van der Waals surface area contributed by atoms with Crippen molar-refractivity contribution >= 4 is 11.5 Å². The van der Waals surface area contributed by atoms with Crippen LogP contribution in [0.2, 0.25) is 0 Å². The van der Waals surface area contributed by atoms with Gasteiger partial charge in [0.15, 0.2) is 5.65 Å². The molecule has 0 bridgehead atoms. The molecule has 0 radical (unpaired) electrons. The number of anilines is 1. The summed E-state index contributed by atoms with van der Waals surface area (Å²) >= 11 is 0. The van der Waals surface area contributed by atoms with Gasteiger partial charge in [0.05, 0.1) is 17.5 Å². The van der Waals surface area contributed by atoms with Crippen LogP contribution in [-0.2, 0) is 6.18 Å². The van der Waals surface area contributed by atoms with E-state index in [0.717, 1.165) is 31.8 Å². The van der Waals surface area contributed by atoms with Crippen LogP contribution in [0.3, 0.4) is 0 Å². The lowest BCUT2D eigenvalue weighted by molar-refractivity contribution is -0.137. The summed E-state index contributed by atoms with van der Waals surface area (Å²) in [5.74, 6) is 1.35. The fraction of sp³-hybridized carbons (Fsp3) is 0.455. The zero-order valence-electron chi connectivity index (χ0n) is 16.5. The minimum Gasteiger partial charge on any atom is -0.368 e. The molecule has 0 amide bonds. The van der Waals surface area contributed by atoms with Crippen LogP contribution in [0.25, 0.3) is 16.9 Å². The first kappa shape index (κ1) is 19.4. The zero-order valence-corrected chi connectivity index (χ0v) is 16.5. The van der Waals surface area contributed by atoms with Crippen LogP contribution in [0.1, 0.15) is 31.2 Å². The van der Waals surface area contributed by atoms with Gasteiger partial charge in [0, 0.05) is 12.1 Å². The van der Waals surface area contributed by atoms with Crippen molar-refractivity contribution in [3.63, 3.8) is 0 Å². The van der Waals surface area contributed by atoms with Gasteiger partial charge in [0.25, 0.3) is 0 Å². The number of piperidine rings is 1. The molecule has 8 heteroatoms. The van der Waals surface area contributed by atoms with Crippen molar-refractivity contribution in [3.8, 4) is 11.3 Å². The number of nitrogens with zero attached hydrogens (tertiary/aromatic N) is 3. The Balaban J connectivity index is 1.32. The average molecular weight is 415 g/mol. The monoisotopic (exact) mass is 415 g/mol. The van der Waals surface area contributed by atoms with Crippen LogP contribution in [0.15, 0.2) is 42.6 Å². The van der Waals surface area contributed by atoms with E-state index < -0.39 is 11.7 Å². The Kier molecular flexibility index (Phi) is 4.69. The minimum absolute atomic E-state index is 0.439. The molecular formula is C22H24F3N5. The number of imidazole rings is 1. The predicted molar refractivity (Wildman–Crippen MR) is 109 cm³/mol. The number of benzene rings is 1. The third-order valence-electron chi connectivity index (χ3n) is 6.53. The summed E-state index contributed by atoms with van der Waals surface area (Å²) < 4.78 is 40.9. The Hall–Kier alpha value is -2.61. The summed E-state index contributed by atoms with van der Waals surface area (Å²) in [6, 6.07) is 8.97. The first-order valence-electron chi connectivity index (χ1n) is 10.4. The maximum absolute atomic E-state index is 13.1. The normalized spacial score (nSPS) is 19.2. The molecule has 2 fully saturated rings. The van der Waals surface area contributed by atoms with Gasteiger partial charge < -0.3 is 10.6 Å². The summed E-state index contributed by atoms with van der Waals surface area (Å²) in [7, 11) is 0. The lowest BCUT2D eigenvalue weighted by atomic mass is 9.58. The van der Waals surface area contributed by atoms with Crippen molar-refractivity contribution in [2.24, 2.45) is 11.3 Å². The van der Waals surface area contributed by atoms with Crippen LogP contribution in [-0.4, -0.2) is 34.2 Å². The van der Waals surface area contributed by atoms with Gasteiger partial charge in [-0.05, 0) is 74.4 Å².